The van der Waals surface area contributed by atoms with Crippen molar-refractivity contribution >= 4 is 35.0 Å². The molecule has 0 bridgehead atoms. The summed E-state index contributed by atoms with van der Waals surface area (Å²) >= 11 is 12.4. The highest BCUT2D eigenvalue weighted by Crippen LogP contribution is 2.28. The fraction of sp³-hybridized carbons (Fsp3) is 0.310. The zero-order valence-corrected chi connectivity index (χ0v) is 22.2. The van der Waals surface area contributed by atoms with E-state index in [1.807, 2.05) is 31.2 Å². The number of amides is 2. The van der Waals surface area contributed by atoms with Crippen LogP contribution in [-0.2, 0) is 0 Å². The van der Waals surface area contributed by atoms with Crippen molar-refractivity contribution in [3.8, 4) is 0 Å². The third-order valence-corrected chi connectivity index (χ3v) is 7.52. The molecule has 194 valence electrons. The molecular formula is C29H30Cl2FN3O2. The van der Waals surface area contributed by atoms with E-state index in [0.29, 0.717) is 27.6 Å². The monoisotopic (exact) mass is 541 g/mol. The lowest BCUT2D eigenvalue weighted by molar-refractivity contribution is 0.0830. The van der Waals surface area contributed by atoms with E-state index in [-0.39, 0.29) is 29.2 Å². The van der Waals surface area contributed by atoms with Gasteiger partial charge in [-0.25, -0.2) is 4.39 Å². The summed E-state index contributed by atoms with van der Waals surface area (Å²) in [7, 11) is 0. The number of nitrogens with zero attached hydrogens (tertiary/aromatic N) is 1. The molecule has 1 aliphatic heterocycles. The minimum atomic E-state index is -0.389. The summed E-state index contributed by atoms with van der Waals surface area (Å²) in [6.07, 6.45) is 2.13. The molecule has 3 aromatic carbocycles. The minimum Gasteiger partial charge on any atom is -0.347 e. The van der Waals surface area contributed by atoms with Gasteiger partial charge in [-0.1, -0.05) is 59.6 Å². The second kappa shape index (κ2) is 12.1. The fourth-order valence-corrected chi connectivity index (χ4v) is 5.20. The topological polar surface area (TPSA) is 61.4 Å². The summed E-state index contributed by atoms with van der Waals surface area (Å²) < 4.78 is 14.0. The predicted molar refractivity (Wildman–Crippen MR) is 146 cm³/mol. The van der Waals surface area contributed by atoms with Gasteiger partial charge in [0.05, 0.1) is 21.7 Å². The van der Waals surface area contributed by atoms with Gasteiger partial charge in [0, 0.05) is 30.7 Å². The number of carbonyl (C=O) groups is 2. The van der Waals surface area contributed by atoms with Gasteiger partial charge < -0.3 is 15.5 Å². The first-order chi connectivity index (χ1) is 17.7. The smallest absolute Gasteiger partial charge is 0.254 e. The van der Waals surface area contributed by atoms with Crippen LogP contribution in [0.25, 0.3) is 0 Å². The van der Waals surface area contributed by atoms with Crippen LogP contribution in [0.1, 0.15) is 58.5 Å². The van der Waals surface area contributed by atoms with E-state index in [0.717, 1.165) is 38.0 Å². The maximum Gasteiger partial charge on any atom is 0.254 e. The predicted octanol–water partition coefficient (Wildman–Crippen LogP) is 6.28. The van der Waals surface area contributed by atoms with E-state index < -0.39 is 0 Å². The largest absolute Gasteiger partial charge is 0.347 e. The molecular weight excluding hydrogens is 512 g/mol. The molecule has 0 radical (unpaired) electrons. The van der Waals surface area contributed by atoms with Gasteiger partial charge in [-0.2, -0.15) is 0 Å². The lowest BCUT2D eigenvalue weighted by atomic mass is 9.89. The van der Waals surface area contributed by atoms with Crippen molar-refractivity contribution in [3.05, 3.63) is 105 Å². The Morgan fingerprint density at radius 2 is 1.59 bits per heavy atom. The van der Waals surface area contributed by atoms with Crippen LogP contribution in [0.4, 0.5) is 4.39 Å². The number of hydrogen-bond donors (Lipinski definition) is 2. The molecule has 0 aliphatic carbocycles. The molecule has 4 rings (SSSR count). The first-order valence-corrected chi connectivity index (χ1v) is 13.1. The number of hydrogen-bond acceptors (Lipinski definition) is 3. The Labute approximate surface area is 227 Å². The lowest BCUT2D eigenvalue weighted by Crippen LogP contribution is -2.53. The number of carbonyl (C=O) groups excluding carboxylic acids is 2. The van der Waals surface area contributed by atoms with Gasteiger partial charge in [-0.15, -0.1) is 0 Å². The van der Waals surface area contributed by atoms with E-state index in [1.165, 1.54) is 12.1 Å². The molecule has 1 heterocycles. The molecule has 0 aromatic heterocycles. The molecule has 2 N–H and O–H groups in total. The lowest BCUT2D eigenvalue weighted by Gasteiger charge is -2.40. The minimum absolute atomic E-state index is 0.193. The maximum absolute atomic E-state index is 14.0. The van der Waals surface area contributed by atoms with Crippen LogP contribution in [0, 0.1) is 5.82 Å². The van der Waals surface area contributed by atoms with Gasteiger partial charge in [-0.3, -0.25) is 9.59 Å². The standard InChI is InChI=1S/C29H30Cl2FN3O2/c1-29(34-28(37)26-23(30)11-6-12-24(26)31)14-17-35(18-15-29)16-13-25(21-9-5-10-22(32)19-21)33-27(36)20-7-3-2-4-8-20/h2-12,19,25H,13-18H2,1H3,(H,33,36)(H,34,37)/t25-/m0/s1. The van der Waals surface area contributed by atoms with Crippen molar-refractivity contribution in [2.24, 2.45) is 0 Å². The van der Waals surface area contributed by atoms with Crippen molar-refractivity contribution in [3.63, 3.8) is 0 Å². The van der Waals surface area contributed by atoms with Crippen LogP contribution in [0.2, 0.25) is 10.0 Å². The fourth-order valence-electron chi connectivity index (χ4n) is 4.63. The molecule has 3 aromatic rings. The number of piperidine rings is 1. The second-order valence-electron chi connectivity index (χ2n) is 9.69. The summed E-state index contributed by atoms with van der Waals surface area (Å²) in [5, 5.41) is 6.85. The van der Waals surface area contributed by atoms with Gasteiger partial charge >= 0.3 is 0 Å². The molecule has 0 saturated carbocycles. The van der Waals surface area contributed by atoms with Crippen molar-refractivity contribution in [1.82, 2.24) is 15.5 Å². The van der Waals surface area contributed by atoms with Crippen molar-refractivity contribution in [2.45, 2.75) is 37.8 Å². The molecule has 1 atom stereocenters. The van der Waals surface area contributed by atoms with Crippen molar-refractivity contribution in [1.29, 1.82) is 0 Å². The molecule has 0 spiro atoms. The highest BCUT2D eigenvalue weighted by Gasteiger charge is 2.33. The van der Waals surface area contributed by atoms with E-state index in [9.17, 15) is 14.0 Å². The van der Waals surface area contributed by atoms with E-state index >= 15 is 0 Å². The molecule has 5 nitrogen and oxygen atoms in total. The van der Waals surface area contributed by atoms with E-state index in [4.69, 9.17) is 23.2 Å². The zero-order valence-electron chi connectivity index (χ0n) is 20.6. The summed E-state index contributed by atoms with van der Waals surface area (Å²) in [6.45, 7) is 4.30. The molecule has 8 heteroatoms. The van der Waals surface area contributed by atoms with E-state index in [1.54, 1.807) is 36.4 Å². The summed E-state index contributed by atoms with van der Waals surface area (Å²) in [4.78, 5) is 28.0. The van der Waals surface area contributed by atoms with Crippen LogP contribution in [0.3, 0.4) is 0 Å². The SMILES string of the molecule is CC1(NC(=O)c2c(Cl)cccc2Cl)CCN(CC[C@H](NC(=O)c2ccccc2)c2cccc(F)c2)CC1. The Hall–Kier alpha value is -2.93. The Morgan fingerprint density at radius 3 is 2.24 bits per heavy atom. The Bertz CT molecular complexity index is 1230. The number of benzene rings is 3. The van der Waals surface area contributed by atoms with Gasteiger partial charge in [-0.05, 0) is 68.1 Å². The van der Waals surface area contributed by atoms with Crippen LogP contribution < -0.4 is 10.6 Å². The second-order valence-corrected chi connectivity index (χ2v) is 10.5. The summed E-state index contributed by atoms with van der Waals surface area (Å²) in [6, 6.07) is 20.0. The third-order valence-electron chi connectivity index (χ3n) is 6.89. The van der Waals surface area contributed by atoms with Crippen LogP contribution in [0.5, 0.6) is 0 Å². The zero-order chi connectivity index (χ0) is 26.4. The molecule has 37 heavy (non-hydrogen) atoms. The van der Waals surface area contributed by atoms with Crippen LogP contribution >= 0.6 is 23.2 Å². The van der Waals surface area contributed by atoms with Crippen LogP contribution in [0.15, 0.2) is 72.8 Å². The quantitative estimate of drug-likeness (QED) is 0.352. The summed E-state index contributed by atoms with van der Waals surface area (Å²) in [5.41, 5.74) is 1.20. The van der Waals surface area contributed by atoms with Gasteiger partial charge in [0.1, 0.15) is 5.82 Å². The van der Waals surface area contributed by atoms with Gasteiger partial charge in [0.2, 0.25) is 0 Å². The highest BCUT2D eigenvalue weighted by atomic mass is 35.5. The van der Waals surface area contributed by atoms with Gasteiger partial charge in [0.25, 0.3) is 11.8 Å². The first kappa shape index (κ1) is 27.1. The number of likely N-dealkylation sites (tertiary alicyclic amines) is 1. The normalized spacial score (nSPS) is 16.1. The average Bonchev–Trinajstić information content (AvgIpc) is 2.87. The Kier molecular flexibility index (Phi) is 8.85. The molecule has 1 fully saturated rings. The number of nitrogens with one attached hydrogen (secondary N) is 2. The van der Waals surface area contributed by atoms with E-state index in [2.05, 4.69) is 15.5 Å². The van der Waals surface area contributed by atoms with Crippen molar-refractivity contribution in [2.75, 3.05) is 19.6 Å². The number of rotatable bonds is 8. The van der Waals surface area contributed by atoms with Crippen LogP contribution in [-0.4, -0.2) is 41.9 Å². The first-order valence-electron chi connectivity index (χ1n) is 12.3. The third kappa shape index (κ3) is 7.10. The summed E-state index contributed by atoms with van der Waals surface area (Å²) in [5.74, 6) is -0.803. The average molecular weight is 542 g/mol. The van der Waals surface area contributed by atoms with Gasteiger partial charge in [0.15, 0.2) is 0 Å². The Balaban J connectivity index is 1.36. The molecule has 2 amide bonds. The number of halogens is 3. The Morgan fingerprint density at radius 1 is 0.946 bits per heavy atom. The molecule has 1 aliphatic rings. The maximum atomic E-state index is 14.0. The molecule has 0 unspecified atom stereocenters. The van der Waals surface area contributed by atoms with Crippen molar-refractivity contribution < 1.29 is 14.0 Å². The molecule has 1 saturated heterocycles. The highest BCUT2D eigenvalue weighted by molar-refractivity contribution is 6.39.